The lowest BCUT2D eigenvalue weighted by Crippen LogP contribution is -2.45. The van der Waals surface area contributed by atoms with Crippen LogP contribution in [0.15, 0.2) is 0 Å². The minimum absolute atomic E-state index is 0.982. The Kier molecular flexibility index (Phi) is 4.33. The second-order valence-corrected chi connectivity index (χ2v) is 3.83. The van der Waals surface area contributed by atoms with Gasteiger partial charge in [0.2, 0.25) is 0 Å². The molecule has 0 unspecified atom stereocenters. The average molecular weight is 237 g/mol. The number of halogens is 1. The van der Waals surface area contributed by atoms with Gasteiger partial charge >= 0.3 is 0 Å². The molecule has 0 aromatic carbocycles. The molecule has 1 aliphatic rings. The molecular weight excluding hydrogens is 224 g/mol. The van der Waals surface area contributed by atoms with Gasteiger partial charge in [0.05, 0.1) is 4.99 Å². The molecule has 4 heteroatoms. The van der Waals surface area contributed by atoms with E-state index in [0.717, 1.165) is 42.9 Å². The molecule has 1 fully saturated rings. The number of piperazine rings is 1. The molecule has 1 saturated heterocycles. The lowest BCUT2D eigenvalue weighted by Gasteiger charge is -2.29. The van der Waals surface area contributed by atoms with E-state index in [1.807, 2.05) is 0 Å². The predicted molar refractivity (Wildman–Crippen MR) is 55.5 cm³/mol. The van der Waals surface area contributed by atoms with E-state index in [2.05, 4.69) is 26.1 Å². The largest absolute Gasteiger partial charge is 0.364 e. The standard InChI is InChI=1S/C7H13BrN2S/c8-2-1-7(11)10-5-3-9-4-6-10/h9H,1-6H2. The Morgan fingerprint density at radius 2 is 2.09 bits per heavy atom. The van der Waals surface area contributed by atoms with Crippen molar-refractivity contribution in [2.24, 2.45) is 0 Å². The van der Waals surface area contributed by atoms with E-state index >= 15 is 0 Å². The van der Waals surface area contributed by atoms with Gasteiger partial charge < -0.3 is 10.2 Å². The molecule has 0 saturated carbocycles. The molecule has 0 aliphatic carbocycles. The Hall–Kier alpha value is 0.330. The average Bonchev–Trinajstić information content (AvgIpc) is 2.07. The molecule has 2 nitrogen and oxygen atoms in total. The van der Waals surface area contributed by atoms with E-state index < -0.39 is 0 Å². The second-order valence-electron chi connectivity index (χ2n) is 2.57. The summed E-state index contributed by atoms with van der Waals surface area (Å²) in [5.41, 5.74) is 0. The number of nitrogens with one attached hydrogen (secondary N) is 1. The third-order valence-electron chi connectivity index (χ3n) is 1.78. The first-order valence-corrected chi connectivity index (χ1v) is 5.42. The van der Waals surface area contributed by atoms with Gasteiger partial charge in [0.25, 0.3) is 0 Å². The smallest absolute Gasteiger partial charge is 0.0788 e. The Balaban J connectivity index is 2.27. The summed E-state index contributed by atoms with van der Waals surface area (Å²) < 4.78 is 0. The molecule has 0 aromatic heterocycles. The highest BCUT2D eigenvalue weighted by Gasteiger charge is 2.11. The highest BCUT2D eigenvalue weighted by Crippen LogP contribution is 2.00. The van der Waals surface area contributed by atoms with Crippen molar-refractivity contribution in [1.29, 1.82) is 0 Å². The number of nitrogens with zero attached hydrogens (tertiary/aromatic N) is 1. The maximum atomic E-state index is 5.24. The van der Waals surface area contributed by atoms with Crippen LogP contribution in [0.3, 0.4) is 0 Å². The van der Waals surface area contributed by atoms with Crippen molar-refractivity contribution in [3.05, 3.63) is 0 Å². The summed E-state index contributed by atoms with van der Waals surface area (Å²) in [7, 11) is 0. The summed E-state index contributed by atoms with van der Waals surface area (Å²) in [6.07, 6.45) is 0.995. The first-order chi connectivity index (χ1) is 5.34. The maximum Gasteiger partial charge on any atom is 0.0788 e. The zero-order valence-electron chi connectivity index (χ0n) is 6.48. The van der Waals surface area contributed by atoms with Crippen LogP contribution in [0.5, 0.6) is 0 Å². The molecule has 0 aromatic rings. The number of rotatable bonds is 2. The fraction of sp³-hybridized carbons (Fsp3) is 0.857. The van der Waals surface area contributed by atoms with Crippen LogP contribution >= 0.6 is 28.1 Å². The van der Waals surface area contributed by atoms with Crippen LogP contribution in [0.25, 0.3) is 0 Å². The van der Waals surface area contributed by atoms with Crippen molar-refractivity contribution in [2.45, 2.75) is 6.42 Å². The quantitative estimate of drug-likeness (QED) is 0.570. The van der Waals surface area contributed by atoms with Crippen molar-refractivity contribution in [3.63, 3.8) is 0 Å². The molecule has 64 valence electrons. The van der Waals surface area contributed by atoms with Gasteiger partial charge in [-0.25, -0.2) is 0 Å². The molecule has 0 spiro atoms. The van der Waals surface area contributed by atoms with Gasteiger partial charge in [0.15, 0.2) is 0 Å². The van der Waals surface area contributed by atoms with Crippen molar-refractivity contribution in [2.75, 3.05) is 31.5 Å². The van der Waals surface area contributed by atoms with Crippen molar-refractivity contribution in [3.8, 4) is 0 Å². The molecular formula is C7H13BrN2S. The fourth-order valence-electron chi connectivity index (χ4n) is 1.15. The number of hydrogen-bond donors (Lipinski definition) is 1. The summed E-state index contributed by atoms with van der Waals surface area (Å²) in [4.78, 5) is 3.39. The fourth-order valence-corrected chi connectivity index (χ4v) is 2.08. The lowest BCUT2D eigenvalue weighted by atomic mass is 10.3. The SMILES string of the molecule is S=C(CCBr)N1CCNCC1. The van der Waals surface area contributed by atoms with Gasteiger partial charge in [-0.2, -0.15) is 0 Å². The minimum atomic E-state index is 0.982. The monoisotopic (exact) mass is 236 g/mol. The van der Waals surface area contributed by atoms with Crippen LogP contribution in [0.1, 0.15) is 6.42 Å². The predicted octanol–water partition coefficient (Wildman–Crippen LogP) is 1.00. The summed E-state index contributed by atoms with van der Waals surface area (Å²) in [5, 5.41) is 4.28. The summed E-state index contributed by atoms with van der Waals surface area (Å²) in [6.45, 7) is 4.29. The summed E-state index contributed by atoms with van der Waals surface area (Å²) in [5.74, 6) is 0. The van der Waals surface area contributed by atoms with E-state index in [4.69, 9.17) is 12.2 Å². The van der Waals surface area contributed by atoms with Crippen molar-refractivity contribution in [1.82, 2.24) is 10.2 Å². The molecule has 0 radical (unpaired) electrons. The van der Waals surface area contributed by atoms with Gasteiger partial charge in [0, 0.05) is 37.9 Å². The highest BCUT2D eigenvalue weighted by atomic mass is 79.9. The zero-order chi connectivity index (χ0) is 8.10. The van der Waals surface area contributed by atoms with Crippen LogP contribution < -0.4 is 5.32 Å². The van der Waals surface area contributed by atoms with E-state index in [1.165, 1.54) is 0 Å². The normalized spacial score (nSPS) is 18.5. The van der Waals surface area contributed by atoms with E-state index in [0.29, 0.717) is 0 Å². The topological polar surface area (TPSA) is 15.3 Å². The molecule has 0 atom stereocenters. The van der Waals surface area contributed by atoms with Gasteiger partial charge in [-0.1, -0.05) is 28.1 Å². The second kappa shape index (κ2) is 5.06. The van der Waals surface area contributed by atoms with Crippen molar-refractivity contribution < 1.29 is 0 Å². The third-order valence-corrected chi connectivity index (χ3v) is 2.64. The van der Waals surface area contributed by atoms with E-state index in [-0.39, 0.29) is 0 Å². The Bertz CT molecular complexity index is 134. The lowest BCUT2D eigenvalue weighted by molar-refractivity contribution is 0.358. The Morgan fingerprint density at radius 3 is 2.64 bits per heavy atom. The highest BCUT2D eigenvalue weighted by molar-refractivity contribution is 9.09. The Labute approximate surface area is 81.5 Å². The van der Waals surface area contributed by atoms with Gasteiger partial charge in [-0.15, -0.1) is 0 Å². The number of alkyl halides is 1. The summed E-state index contributed by atoms with van der Waals surface area (Å²) >= 11 is 8.63. The molecule has 1 heterocycles. The molecule has 1 aliphatic heterocycles. The number of hydrogen-bond acceptors (Lipinski definition) is 2. The van der Waals surface area contributed by atoms with E-state index in [9.17, 15) is 0 Å². The van der Waals surface area contributed by atoms with Crippen LogP contribution in [-0.4, -0.2) is 41.4 Å². The third kappa shape index (κ3) is 3.05. The van der Waals surface area contributed by atoms with E-state index in [1.54, 1.807) is 0 Å². The van der Waals surface area contributed by atoms with Gasteiger partial charge in [0.1, 0.15) is 0 Å². The summed E-state index contributed by atoms with van der Waals surface area (Å²) in [6, 6.07) is 0. The van der Waals surface area contributed by atoms with Crippen LogP contribution in [0.2, 0.25) is 0 Å². The molecule has 0 amide bonds. The molecule has 0 bridgehead atoms. The van der Waals surface area contributed by atoms with Gasteiger partial charge in [-0.05, 0) is 0 Å². The minimum Gasteiger partial charge on any atom is -0.364 e. The molecule has 11 heavy (non-hydrogen) atoms. The molecule has 1 N–H and O–H groups in total. The van der Waals surface area contributed by atoms with Crippen LogP contribution in [-0.2, 0) is 0 Å². The zero-order valence-corrected chi connectivity index (χ0v) is 8.88. The molecule has 1 rings (SSSR count). The van der Waals surface area contributed by atoms with Gasteiger partial charge in [-0.3, -0.25) is 0 Å². The Morgan fingerprint density at radius 1 is 1.45 bits per heavy atom. The van der Waals surface area contributed by atoms with Crippen LogP contribution in [0.4, 0.5) is 0 Å². The first kappa shape index (κ1) is 9.42. The maximum absolute atomic E-state index is 5.24. The number of thiocarbonyl (C=S) groups is 1. The van der Waals surface area contributed by atoms with Crippen molar-refractivity contribution >= 4 is 33.1 Å². The van der Waals surface area contributed by atoms with Crippen LogP contribution in [0, 0.1) is 0 Å². The first-order valence-electron chi connectivity index (χ1n) is 3.89.